The lowest BCUT2D eigenvalue weighted by molar-refractivity contribution is -0.123. The molecule has 0 radical (unpaired) electrons. The number of piperidine rings is 1. The van der Waals surface area contributed by atoms with E-state index in [9.17, 15) is 9.59 Å². The molecular weight excluding hydrogens is 340 g/mol. The zero-order valence-electron chi connectivity index (χ0n) is 11.1. The van der Waals surface area contributed by atoms with E-state index in [2.05, 4.69) is 21.2 Å². The van der Waals surface area contributed by atoms with Gasteiger partial charge in [0.05, 0.1) is 9.35 Å². The van der Waals surface area contributed by atoms with Gasteiger partial charge in [0.25, 0.3) is 5.91 Å². The summed E-state index contributed by atoms with van der Waals surface area (Å²) in [5, 5.41) is 4.98. The van der Waals surface area contributed by atoms with Crippen molar-refractivity contribution < 1.29 is 9.59 Å². The summed E-state index contributed by atoms with van der Waals surface area (Å²) in [6.45, 7) is 1.45. The molecule has 2 heterocycles. The molecule has 1 aromatic rings. The topological polar surface area (TPSA) is 49.4 Å². The van der Waals surface area contributed by atoms with Crippen LogP contribution in [0.3, 0.4) is 0 Å². The third-order valence-electron chi connectivity index (χ3n) is 3.89. The second-order valence-electron chi connectivity index (χ2n) is 5.49. The van der Waals surface area contributed by atoms with Gasteiger partial charge in [0.2, 0.25) is 5.91 Å². The monoisotopic (exact) mass is 356 g/mol. The van der Waals surface area contributed by atoms with Crippen molar-refractivity contribution in [3.63, 3.8) is 0 Å². The van der Waals surface area contributed by atoms with Gasteiger partial charge in [-0.2, -0.15) is 0 Å². The highest BCUT2D eigenvalue weighted by atomic mass is 79.9. The minimum atomic E-state index is 0.0962. The third kappa shape index (κ3) is 3.23. The first kappa shape index (κ1) is 14.1. The fourth-order valence-corrected chi connectivity index (χ4v) is 3.63. The van der Waals surface area contributed by atoms with Crippen LogP contribution in [0.15, 0.2) is 15.2 Å². The Kier molecular flexibility index (Phi) is 4.12. The molecule has 1 aliphatic carbocycles. The number of hydrogen-bond donors (Lipinski definition) is 1. The van der Waals surface area contributed by atoms with E-state index in [1.165, 1.54) is 11.3 Å². The normalized spacial score (nSPS) is 19.9. The Morgan fingerprint density at radius 3 is 2.50 bits per heavy atom. The fraction of sp³-hybridized carbons (Fsp3) is 0.571. The molecule has 1 N–H and O–H groups in total. The van der Waals surface area contributed by atoms with Crippen LogP contribution in [0.1, 0.15) is 36.0 Å². The smallest absolute Gasteiger partial charge is 0.254 e. The molecular formula is C14H17BrN2O2S. The van der Waals surface area contributed by atoms with Crippen LogP contribution in [0, 0.1) is 5.92 Å². The van der Waals surface area contributed by atoms with E-state index in [0.29, 0.717) is 0 Å². The van der Waals surface area contributed by atoms with Crippen LogP contribution in [0.2, 0.25) is 0 Å². The van der Waals surface area contributed by atoms with Gasteiger partial charge in [-0.1, -0.05) is 0 Å². The molecule has 0 spiro atoms. The molecule has 1 aromatic heterocycles. The van der Waals surface area contributed by atoms with Gasteiger partial charge < -0.3 is 10.2 Å². The summed E-state index contributed by atoms with van der Waals surface area (Å²) < 4.78 is 0.979. The van der Waals surface area contributed by atoms with Crippen LogP contribution in [0.4, 0.5) is 0 Å². The number of likely N-dealkylation sites (tertiary alicyclic amines) is 1. The number of thiophene rings is 1. The first-order chi connectivity index (χ1) is 9.63. The number of carbonyl (C=O) groups is 2. The predicted molar refractivity (Wildman–Crippen MR) is 81.8 cm³/mol. The Labute approximate surface area is 130 Å². The number of hydrogen-bond acceptors (Lipinski definition) is 3. The van der Waals surface area contributed by atoms with Gasteiger partial charge in [0, 0.05) is 30.4 Å². The summed E-state index contributed by atoms with van der Waals surface area (Å²) in [5.74, 6) is 0.563. The van der Waals surface area contributed by atoms with Gasteiger partial charge in [0.1, 0.15) is 0 Å². The van der Waals surface area contributed by atoms with Gasteiger partial charge in [0.15, 0.2) is 0 Å². The molecule has 1 aliphatic heterocycles. The van der Waals surface area contributed by atoms with Crippen molar-refractivity contribution in [1.82, 2.24) is 10.2 Å². The lowest BCUT2D eigenvalue weighted by atomic mass is 10.0. The molecule has 4 nitrogen and oxygen atoms in total. The minimum Gasteiger partial charge on any atom is -0.353 e. The largest absolute Gasteiger partial charge is 0.353 e. The van der Waals surface area contributed by atoms with E-state index in [4.69, 9.17) is 0 Å². The summed E-state index contributed by atoms with van der Waals surface area (Å²) >= 11 is 4.91. The van der Waals surface area contributed by atoms with Crippen molar-refractivity contribution in [3.05, 3.63) is 20.8 Å². The highest BCUT2D eigenvalue weighted by Gasteiger charge is 2.32. The SMILES string of the molecule is O=C(NC1CCN(C(=O)c2csc(Br)c2)CC1)C1CC1. The predicted octanol–water partition coefficient (Wildman–Crippen LogP) is 2.64. The van der Waals surface area contributed by atoms with Crippen molar-refractivity contribution in [2.75, 3.05) is 13.1 Å². The average molecular weight is 357 g/mol. The maximum Gasteiger partial charge on any atom is 0.254 e. The zero-order valence-corrected chi connectivity index (χ0v) is 13.5. The van der Waals surface area contributed by atoms with Crippen molar-refractivity contribution in [1.29, 1.82) is 0 Å². The van der Waals surface area contributed by atoms with Crippen molar-refractivity contribution in [3.8, 4) is 0 Å². The molecule has 1 saturated carbocycles. The first-order valence-corrected chi connectivity index (χ1v) is 8.64. The standard InChI is InChI=1S/C14H17BrN2O2S/c15-12-7-10(8-20-12)14(19)17-5-3-11(4-6-17)16-13(18)9-1-2-9/h7-9,11H,1-6H2,(H,16,18). The molecule has 0 atom stereocenters. The van der Waals surface area contributed by atoms with E-state index in [1.807, 2.05) is 16.3 Å². The van der Waals surface area contributed by atoms with Gasteiger partial charge in [-0.3, -0.25) is 9.59 Å². The molecule has 2 aliphatic rings. The Morgan fingerprint density at radius 1 is 1.25 bits per heavy atom. The van der Waals surface area contributed by atoms with Gasteiger partial charge in [-0.25, -0.2) is 0 Å². The summed E-state index contributed by atoms with van der Waals surface area (Å²) in [6.07, 6.45) is 3.79. The Hall–Kier alpha value is -0.880. The molecule has 3 rings (SSSR count). The number of rotatable bonds is 3. The second kappa shape index (κ2) is 5.85. The fourth-order valence-electron chi connectivity index (χ4n) is 2.50. The number of nitrogens with zero attached hydrogens (tertiary/aromatic N) is 1. The van der Waals surface area contributed by atoms with Gasteiger partial charge in [-0.15, -0.1) is 11.3 Å². The van der Waals surface area contributed by atoms with E-state index < -0.39 is 0 Å². The van der Waals surface area contributed by atoms with Crippen LogP contribution >= 0.6 is 27.3 Å². The van der Waals surface area contributed by atoms with Crippen LogP contribution in [0.5, 0.6) is 0 Å². The number of halogens is 1. The van der Waals surface area contributed by atoms with Gasteiger partial charge in [-0.05, 0) is 47.7 Å². The second-order valence-corrected chi connectivity index (χ2v) is 7.78. The summed E-state index contributed by atoms with van der Waals surface area (Å²) in [6, 6.07) is 2.11. The lowest BCUT2D eigenvalue weighted by Gasteiger charge is -2.32. The van der Waals surface area contributed by atoms with Crippen molar-refractivity contribution in [2.45, 2.75) is 31.7 Å². The molecule has 20 heavy (non-hydrogen) atoms. The number of nitrogens with one attached hydrogen (secondary N) is 1. The molecule has 0 aromatic carbocycles. The van der Waals surface area contributed by atoms with E-state index in [1.54, 1.807) is 0 Å². The van der Waals surface area contributed by atoms with Crippen LogP contribution in [-0.2, 0) is 4.79 Å². The summed E-state index contributed by atoms with van der Waals surface area (Å²) in [7, 11) is 0. The van der Waals surface area contributed by atoms with Crippen LogP contribution in [-0.4, -0.2) is 35.8 Å². The minimum absolute atomic E-state index is 0.0962. The molecule has 1 saturated heterocycles. The van der Waals surface area contributed by atoms with Crippen molar-refractivity contribution in [2.24, 2.45) is 5.92 Å². The first-order valence-electron chi connectivity index (χ1n) is 6.97. The average Bonchev–Trinajstić information content (AvgIpc) is 3.21. The third-order valence-corrected chi connectivity index (χ3v) is 5.40. The molecule has 0 bridgehead atoms. The molecule has 2 amide bonds. The quantitative estimate of drug-likeness (QED) is 0.904. The van der Waals surface area contributed by atoms with Crippen LogP contribution < -0.4 is 5.32 Å². The number of amides is 2. The lowest BCUT2D eigenvalue weighted by Crippen LogP contribution is -2.46. The highest BCUT2D eigenvalue weighted by Crippen LogP contribution is 2.29. The Bertz CT molecular complexity index is 519. The van der Waals surface area contributed by atoms with E-state index >= 15 is 0 Å². The number of carbonyl (C=O) groups excluding carboxylic acids is 2. The maximum atomic E-state index is 12.3. The Morgan fingerprint density at radius 2 is 1.95 bits per heavy atom. The highest BCUT2D eigenvalue weighted by molar-refractivity contribution is 9.11. The summed E-state index contributed by atoms with van der Waals surface area (Å²) in [5.41, 5.74) is 0.752. The zero-order chi connectivity index (χ0) is 14.1. The van der Waals surface area contributed by atoms with Crippen LogP contribution in [0.25, 0.3) is 0 Å². The molecule has 6 heteroatoms. The summed E-state index contributed by atoms with van der Waals surface area (Å²) in [4.78, 5) is 25.9. The van der Waals surface area contributed by atoms with Gasteiger partial charge >= 0.3 is 0 Å². The van der Waals surface area contributed by atoms with E-state index in [-0.39, 0.29) is 23.8 Å². The molecule has 2 fully saturated rings. The Balaban J connectivity index is 1.50. The molecule has 0 unspecified atom stereocenters. The molecule has 108 valence electrons. The van der Waals surface area contributed by atoms with E-state index in [0.717, 1.165) is 48.1 Å². The maximum absolute atomic E-state index is 12.3. The van der Waals surface area contributed by atoms with Crippen molar-refractivity contribution >= 4 is 39.1 Å².